The van der Waals surface area contributed by atoms with Gasteiger partial charge in [-0.05, 0) is 54.9 Å². The standard InChI is InChI=1S/C26H30N6O3S/c1-16-11-17(13-18(12-16)31-24-29-9-6-21(32-24)35-4)20-14-30-23(36-20)26(34)7-5-19(25(2,3)15-26)22(33)28-10-8-27/h6,9,11-14,19,34H,5,7,10,15H2,1-4H3,(H,28,33)(H,29,31,32)/t19-,26-/m1/s1. The number of nitrogens with one attached hydrogen (secondary N) is 2. The molecule has 1 aliphatic rings. The van der Waals surface area contributed by atoms with Crippen LogP contribution in [0.1, 0.15) is 43.7 Å². The first-order valence-corrected chi connectivity index (χ1v) is 12.5. The summed E-state index contributed by atoms with van der Waals surface area (Å²) in [6, 6.07) is 9.70. The van der Waals surface area contributed by atoms with Gasteiger partial charge in [-0.15, -0.1) is 11.3 Å². The number of ether oxygens (including phenoxy) is 1. The molecule has 9 nitrogen and oxygen atoms in total. The number of thiazole rings is 1. The number of nitriles is 1. The molecule has 0 bridgehead atoms. The summed E-state index contributed by atoms with van der Waals surface area (Å²) in [6.07, 6.45) is 4.78. The van der Waals surface area contributed by atoms with Gasteiger partial charge in [0.1, 0.15) is 17.2 Å². The Balaban J connectivity index is 1.54. The quantitative estimate of drug-likeness (QED) is 0.404. The summed E-state index contributed by atoms with van der Waals surface area (Å²) in [7, 11) is 1.56. The number of benzene rings is 1. The zero-order chi connectivity index (χ0) is 25.9. The van der Waals surface area contributed by atoms with Crippen molar-refractivity contribution in [3.05, 3.63) is 47.2 Å². The fraction of sp³-hybridized carbons (Fsp3) is 0.423. The maximum absolute atomic E-state index is 12.6. The Morgan fingerprint density at radius 1 is 1.33 bits per heavy atom. The van der Waals surface area contributed by atoms with Crippen molar-refractivity contribution in [1.82, 2.24) is 20.3 Å². The fourth-order valence-corrected chi connectivity index (χ4v) is 5.94. The third-order valence-corrected chi connectivity index (χ3v) is 7.80. The zero-order valence-electron chi connectivity index (χ0n) is 20.8. The van der Waals surface area contributed by atoms with E-state index < -0.39 is 11.0 Å². The fourth-order valence-electron chi connectivity index (χ4n) is 4.92. The molecule has 0 aliphatic heterocycles. The van der Waals surface area contributed by atoms with Crippen molar-refractivity contribution < 1.29 is 14.6 Å². The van der Waals surface area contributed by atoms with Crippen molar-refractivity contribution in [3.63, 3.8) is 0 Å². The van der Waals surface area contributed by atoms with Gasteiger partial charge in [-0.1, -0.05) is 19.9 Å². The van der Waals surface area contributed by atoms with Crippen molar-refractivity contribution in [2.24, 2.45) is 11.3 Å². The third-order valence-electron chi connectivity index (χ3n) is 6.56. The molecule has 4 rings (SSSR count). The molecule has 3 N–H and O–H groups in total. The number of aliphatic hydroxyl groups is 1. The molecule has 10 heteroatoms. The number of aryl methyl sites for hydroxylation is 1. The van der Waals surface area contributed by atoms with Crippen LogP contribution in [0.2, 0.25) is 0 Å². The SMILES string of the molecule is COc1ccnc(Nc2cc(C)cc(-c3cnc([C@@]4(O)CC[C@H](C(=O)NCC#N)C(C)(C)C4)s3)c2)n1. The van der Waals surface area contributed by atoms with Crippen LogP contribution in [0.5, 0.6) is 5.88 Å². The van der Waals surface area contributed by atoms with E-state index in [0.717, 1.165) is 21.7 Å². The van der Waals surface area contributed by atoms with Crippen molar-refractivity contribution >= 4 is 28.9 Å². The Labute approximate surface area is 214 Å². The van der Waals surface area contributed by atoms with Crippen LogP contribution in [0.15, 0.2) is 36.7 Å². The van der Waals surface area contributed by atoms with Gasteiger partial charge in [-0.25, -0.2) is 9.97 Å². The predicted molar refractivity (Wildman–Crippen MR) is 138 cm³/mol. The molecule has 2 heterocycles. The minimum Gasteiger partial charge on any atom is -0.481 e. The Kier molecular flexibility index (Phi) is 7.24. The van der Waals surface area contributed by atoms with E-state index in [1.807, 2.05) is 39.0 Å². The molecule has 36 heavy (non-hydrogen) atoms. The van der Waals surface area contributed by atoms with Crippen LogP contribution in [0.25, 0.3) is 10.4 Å². The minimum atomic E-state index is -1.11. The van der Waals surface area contributed by atoms with Crippen LogP contribution < -0.4 is 15.4 Å². The van der Waals surface area contributed by atoms with Crippen molar-refractivity contribution in [2.75, 3.05) is 19.0 Å². The summed E-state index contributed by atoms with van der Waals surface area (Å²) < 4.78 is 5.17. The van der Waals surface area contributed by atoms with Gasteiger partial charge in [-0.2, -0.15) is 10.2 Å². The molecule has 188 valence electrons. The predicted octanol–water partition coefficient (Wildman–Crippen LogP) is 4.31. The summed E-state index contributed by atoms with van der Waals surface area (Å²) in [6.45, 7) is 5.98. The van der Waals surface area contributed by atoms with Crippen LogP contribution in [0.3, 0.4) is 0 Å². The Morgan fingerprint density at radius 3 is 2.86 bits per heavy atom. The van der Waals surface area contributed by atoms with E-state index >= 15 is 0 Å². The molecule has 1 fully saturated rings. The molecule has 0 unspecified atom stereocenters. The monoisotopic (exact) mass is 506 g/mol. The van der Waals surface area contributed by atoms with E-state index in [-0.39, 0.29) is 18.4 Å². The van der Waals surface area contributed by atoms with Crippen LogP contribution in [0, 0.1) is 29.6 Å². The Bertz CT molecular complexity index is 1300. The van der Waals surface area contributed by atoms with Gasteiger partial charge in [0, 0.05) is 30.1 Å². The van der Waals surface area contributed by atoms with E-state index in [9.17, 15) is 9.90 Å². The van der Waals surface area contributed by atoms with E-state index in [1.54, 1.807) is 25.6 Å². The summed E-state index contributed by atoms with van der Waals surface area (Å²) >= 11 is 1.46. The maximum Gasteiger partial charge on any atom is 0.230 e. The number of amides is 1. The molecule has 1 saturated carbocycles. The van der Waals surface area contributed by atoms with Gasteiger partial charge >= 0.3 is 0 Å². The van der Waals surface area contributed by atoms with Gasteiger partial charge in [0.2, 0.25) is 17.7 Å². The first-order chi connectivity index (χ1) is 17.1. The molecule has 1 aliphatic carbocycles. The largest absolute Gasteiger partial charge is 0.481 e. The molecule has 3 aromatic rings. The molecule has 0 spiro atoms. The van der Waals surface area contributed by atoms with Crippen molar-refractivity contribution in [2.45, 2.75) is 45.6 Å². The highest BCUT2D eigenvalue weighted by Crippen LogP contribution is 2.51. The summed E-state index contributed by atoms with van der Waals surface area (Å²) in [5.74, 6) is 0.502. The van der Waals surface area contributed by atoms with Crippen molar-refractivity contribution in [1.29, 1.82) is 5.26 Å². The van der Waals surface area contributed by atoms with Gasteiger partial charge in [-0.3, -0.25) is 4.79 Å². The number of hydrogen-bond acceptors (Lipinski definition) is 9. The highest BCUT2D eigenvalue weighted by molar-refractivity contribution is 7.15. The smallest absolute Gasteiger partial charge is 0.230 e. The third kappa shape index (κ3) is 5.48. The van der Waals surface area contributed by atoms with Gasteiger partial charge in [0.25, 0.3) is 0 Å². The normalized spacial score (nSPS) is 20.8. The number of hydrogen-bond donors (Lipinski definition) is 3. The Hall–Kier alpha value is -3.55. The van der Waals surface area contributed by atoms with Crippen LogP contribution in [-0.4, -0.2) is 39.6 Å². The average molecular weight is 507 g/mol. The molecule has 2 atom stereocenters. The van der Waals surface area contributed by atoms with Gasteiger partial charge < -0.3 is 20.5 Å². The molecule has 0 saturated heterocycles. The lowest BCUT2D eigenvalue weighted by Crippen LogP contribution is -2.47. The van der Waals surface area contributed by atoms with Crippen LogP contribution in [0.4, 0.5) is 11.6 Å². The summed E-state index contributed by atoms with van der Waals surface area (Å²) in [5.41, 5.74) is 1.29. The van der Waals surface area contributed by atoms with Gasteiger partial charge in [0.15, 0.2) is 0 Å². The van der Waals surface area contributed by atoms with E-state index in [0.29, 0.717) is 36.1 Å². The first kappa shape index (κ1) is 25.5. The van der Waals surface area contributed by atoms with Gasteiger partial charge in [0.05, 0.1) is 18.1 Å². The van der Waals surface area contributed by atoms with Crippen LogP contribution >= 0.6 is 11.3 Å². The number of carbonyl (C=O) groups is 1. The number of methoxy groups -OCH3 is 1. The first-order valence-electron chi connectivity index (χ1n) is 11.7. The van der Waals surface area contributed by atoms with E-state index in [4.69, 9.17) is 10.00 Å². The lowest BCUT2D eigenvalue weighted by atomic mass is 9.63. The number of aromatic nitrogens is 3. The topological polar surface area (TPSA) is 133 Å². The minimum absolute atomic E-state index is 0.0111. The number of nitrogens with zero attached hydrogens (tertiary/aromatic N) is 4. The molecule has 1 amide bonds. The second-order valence-corrected chi connectivity index (χ2v) is 10.9. The summed E-state index contributed by atoms with van der Waals surface area (Å²) in [4.78, 5) is 26.7. The molecular formula is C26H30N6O3S. The highest BCUT2D eigenvalue weighted by Gasteiger charge is 2.49. The molecule has 0 radical (unpaired) electrons. The maximum atomic E-state index is 12.6. The lowest BCUT2D eigenvalue weighted by Gasteiger charge is -2.45. The highest BCUT2D eigenvalue weighted by atomic mass is 32.1. The molecule has 2 aromatic heterocycles. The van der Waals surface area contributed by atoms with Crippen molar-refractivity contribution in [3.8, 4) is 22.4 Å². The number of rotatable bonds is 7. The molecular weight excluding hydrogens is 476 g/mol. The number of anilines is 2. The van der Waals surface area contributed by atoms with Crippen LogP contribution in [-0.2, 0) is 10.4 Å². The zero-order valence-corrected chi connectivity index (χ0v) is 21.6. The summed E-state index contributed by atoms with van der Waals surface area (Å²) in [5, 5.41) is 26.9. The average Bonchev–Trinajstić information content (AvgIpc) is 3.33. The van der Waals surface area contributed by atoms with E-state index in [2.05, 4.69) is 31.7 Å². The lowest BCUT2D eigenvalue weighted by molar-refractivity contribution is -0.137. The second-order valence-electron chi connectivity index (χ2n) is 9.83. The second kappa shape index (κ2) is 10.2. The number of carbonyl (C=O) groups excluding carboxylic acids is 1. The van der Waals surface area contributed by atoms with E-state index in [1.165, 1.54) is 11.3 Å². The molecule has 1 aromatic carbocycles. The Morgan fingerprint density at radius 2 is 2.14 bits per heavy atom.